The number of fused-ring (bicyclic) bond motifs is 1. The highest BCUT2D eigenvalue weighted by atomic mass is 35.5. The van der Waals surface area contributed by atoms with E-state index in [2.05, 4.69) is 15.7 Å². The Morgan fingerprint density at radius 2 is 1.88 bits per heavy atom. The highest BCUT2D eigenvalue weighted by molar-refractivity contribution is 6.30. The molecule has 2 heterocycles. The molecule has 1 aliphatic heterocycles. The third-order valence-electron chi connectivity index (χ3n) is 4.09. The first-order chi connectivity index (χ1) is 12.2. The van der Waals surface area contributed by atoms with Crippen molar-refractivity contribution < 1.29 is 4.52 Å². The van der Waals surface area contributed by atoms with Crippen molar-refractivity contribution in [1.29, 1.82) is 0 Å². The van der Waals surface area contributed by atoms with Gasteiger partial charge in [-0.15, -0.1) is 5.10 Å². The van der Waals surface area contributed by atoms with Crippen LogP contribution in [-0.4, -0.2) is 16.1 Å². The number of nitrogens with two attached hydrogens (primary N) is 2. The number of aromatic nitrogens is 1. The maximum atomic E-state index is 6.02. The molecule has 0 amide bonds. The molecule has 126 valence electrons. The van der Waals surface area contributed by atoms with E-state index in [1.807, 2.05) is 54.6 Å². The zero-order valence-corrected chi connectivity index (χ0v) is 13.8. The molecule has 25 heavy (non-hydrogen) atoms. The number of hydrogen-bond acceptors (Lipinski definition) is 5. The molecule has 0 aliphatic carbocycles. The van der Waals surface area contributed by atoms with Gasteiger partial charge in [-0.3, -0.25) is 5.43 Å². The predicted molar refractivity (Wildman–Crippen MR) is 96.5 cm³/mol. The summed E-state index contributed by atoms with van der Waals surface area (Å²) in [4.78, 5) is 0. The van der Waals surface area contributed by atoms with E-state index in [9.17, 15) is 0 Å². The van der Waals surface area contributed by atoms with Gasteiger partial charge in [0.05, 0.1) is 5.56 Å². The smallest absolute Gasteiger partial charge is 0.249 e. The van der Waals surface area contributed by atoms with Crippen molar-refractivity contribution in [3.05, 3.63) is 70.7 Å². The summed E-state index contributed by atoms with van der Waals surface area (Å²) in [6.45, 7) is 0. The predicted octanol–water partition coefficient (Wildman–Crippen LogP) is 2.92. The number of nitrogens with one attached hydrogen (secondary N) is 1. The zero-order chi connectivity index (χ0) is 17.4. The Kier molecular flexibility index (Phi) is 3.70. The summed E-state index contributed by atoms with van der Waals surface area (Å²) in [6.07, 6.45) is 0. The van der Waals surface area contributed by atoms with Gasteiger partial charge in [0.1, 0.15) is 11.7 Å². The second-order valence-corrected chi connectivity index (χ2v) is 6.00. The van der Waals surface area contributed by atoms with E-state index in [1.54, 1.807) is 5.01 Å². The lowest BCUT2D eigenvalue weighted by Gasteiger charge is -2.25. The molecule has 2 aromatic carbocycles. The Morgan fingerprint density at radius 1 is 1.16 bits per heavy atom. The number of halogens is 1. The minimum atomic E-state index is -0.305. The highest BCUT2D eigenvalue weighted by Gasteiger charge is 2.39. The molecule has 5 N–H and O–H groups in total. The third-order valence-corrected chi connectivity index (χ3v) is 4.35. The lowest BCUT2D eigenvalue weighted by molar-refractivity contribution is 0.396. The average molecular weight is 355 g/mol. The van der Waals surface area contributed by atoms with Crippen molar-refractivity contribution in [3.8, 4) is 11.3 Å². The molecule has 4 rings (SSSR count). The van der Waals surface area contributed by atoms with E-state index in [4.69, 9.17) is 27.7 Å². The Morgan fingerprint density at radius 3 is 2.56 bits per heavy atom. The summed E-state index contributed by atoms with van der Waals surface area (Å²) >= 11 is 6.02. The Labute approximate surface area is 148 Å². The van der Waals surface area contributed by atoms with Crippen molar-refractivity contribution >= 4 is 23.4 Å². The standard InChI is InChI=1S/C17H15ClN6O/c18-12-8-6-11(7-9-12)15-13-14(10-4-2-1-3-5-10)23-25-16(13)22-24(15)17(19)21-20/h1-9,15,22H,20H2,(H2,19,21). The fourth-order valence-electron chi connectivity index (χ4n) is 2.95. The Balaban J connectivity index is 1.88. The minimum Gasteiger partial charge on any atom is -0.367 e. The van der Waals surface area contributed by atoms with Crippen LogP contribution in [-0.2, 0) is 0 Å². The van der Waals surface area contributed by atoms with Crippen LogP contribution in [0.4, 0.5) is 5.88 Å². The van der Waals surface area contributed by atoms with E-state index in [0.29, 0.717) is 10.9 Å². The number of benzene rings is 2. The highest BCUT2D eigenvalue weighted by Crippen LogP contribution is 2.44. The van der Waals surface area contributed by atoms with Crippen LogP contribution in [0.5, 0.6) is 0 Å². The SMILES string of the molecule is N/N=C(\N)N1Nc2onc(-c3ccccc3)c2C1c1ccc(Cl)cc1. The molecule has 7 nitrogen and oxygen atoms in total. The summed E-state index contributed by atoms with van der Waals surface area (Å²) in [5.41, 5.74) is 12.5. The number of anilines is 1. The monoisotopic (exact) mass is 354 g/mol. The van der Waals surface area contributed by atoms with Gasteiger partial charge in [0.15, 0.2) is 0 Å². The van der Waals surface area contributed by atoms with Gasteiger partial charge >= 0.3 is 0 Å². The van der Waals surface area contributed by atoms with Gasteiger partial charge in [-0.05, 0) is 17.7 Å². The average Bonchev–Trinajstić information content (AvgIpc) is 3.22. The van der Waals surface area contributed by atoms with Gasteiger partial charge in [0.2, 0.25) is 11.8 Å². The quantitative estimate of drug-likeness (QED) is 0.283. The first-order valence-electron chi connectivity index (χ1n) is 7.58. The lowest BCUT2D eigenvalue weighted by atomic mass is 9.96. The van der Waals surface area contributed by atoms with Crippen LogP contribution in [0.15, 0.2) is 64.2 Å². The molecule has 0 radical (unpaired) electrons. The van der Waals surface area contributed by atoms with Crippen LogP contribution >= 0.6 is 11.6 Å². The molecule has 1 unspecified atom stereocenters. The van der Waals surface area contributed by atoms with Crippen LogP contribution in [0.25, 0.3) is 11.3 Å². The molecule has 0 saturated heterocycles. The number of guanidine groups is 1. The number of hydrazone groups is 1. The second kappa shape index (κ2) is 6.03. The number of rotatable bonds is 2. The van der Waals surface area contributed by atoms with Crippen LogP contribution in [0.2, 0.25) is 5.02 Å². The molecule has 0 saturated carbocycles. The summed E-state index contributed by atoms with van der Waals surface area (Å²) in [6, 6.07) is 17.0. The van der Waals surface area contributed by atoms with Crippen LogP contribution in [0.3, 0.4) is 0 Å². The first kappa shape index (κ1) is 15.3. The van der Waals surface area contributed by atoms with E-state index in [-0.39, 0.29) is 12.0 Å². The van der Waals surface area contributed by atoms with Gasteiger partial charge in [-0.2, -0.15) is 0 Å². The Bertz CT molecular complexity index is 922. The lowest BCUT2D eigenvalue weighted by Crippen LogP contribution is -2.41. The molecular weight excluding hydrogens is 340 g/mol. The third kappa shape index (κ3) is 2.54. The molecule has 3 aromatic rings. The van der Waals surface area contributed by atoms with Crippen molar-refractivity contribution in [2.45, 2.75) is 6.04 Å². The van der Waals surface area contributed by atoms with Crippen molar-refractivity contribution in [2.75, 3.05) is 5.43 Å². The van der Waals surface area contributed by atoms with Crippen LogP contribution < -0.4 is 17.0 Å². The zero-order valence-electron chi connectivity index (χ0n) is 13.1. The van der Waals surface area contributed by atoms with E-state index in [1.165, 1.54) is 0 Å². The molecule has 1 aromatic heterocycles. The largest absolute Gasteiger partial charge is 0.367 e. The van der Waals surface area contributed by atoms with E-state index >= 15 is 0 Å². The molecular formula is C17H15ClN6O. The summed E-state index contributed by atoms with van der Waals surface area (Å²) < 4.78 is 5.48. The number of hydrogen-bond donors (Lipinski definition) is 3. The molecule has 0 fully saturated rings. The van der Waals surface area contributed by atoms with Crippen molar-refractivity contribution in [1.82, 2.24) is 10.2 Å². The van der Waals surface area contributed by atoms with Gasteiger partial charge < -0.3 is 16.1 Å². The van der Waals surface area contributed by atoms with Crippen LogP contribution in [0.1, 0.15) is 17.2 Å². The maximum Gasteiger partial charge on any atom is 0.249 e. The second-order valence-electron chi connectivity index (χ2n) is 5.56. The number of nitrogens with zero attached hydrogens (tertiary/aromatic N) is 3. The van der Waals surface area contributed by atoms with Crippen LogP contribution in [0, 0.1) is 0 Å². The fourth-order valence-corrected chi connectivity index (χ4v) is 3.08. The molecule has 1 aliphatic rings. The first-order valence-corrected chi connectivity index (χ1v) is 7.96. The normalized spacial score (nSPS) is 16.6. The van der Waals surface area contributed by atoms with Gasteiger partial charge in [-0.1, -0.05) is 59.2 Å². The summed E-state index contributed by atoms with van der Waals surface area (Å²) in [5, 5.41) is 10.1. The summed E-state index contributed by atoms with van der Waals surface area (Å²) in [7, 11) is 0. The maximum absolute atomic E-state index is 6.02. The fraction of sp³-hybridized carbons (Fsp3) is 0.0588. The van der Waals surface area contributed by atoms with E-state index in [0.717, 1.165) is 22.4 Å². The number of hydrazine groups is 1. The summed E-state index contributed by atoms with van der Waals surface area (Å²) in [5.74, 6) is 6.02. The van der Waals surface area contributed by atoms with Crippen molar-refractivity contribution in [2.24, 2.45) is 16.7 Å². The molecule has 0 bridgehead atoms. The van der Waals surface area contributed by atoms with Gasteiger partial charge in [-0.25, -0.2) is 5.01 Å². The molecule has 0 spiro atoms. The molecule has 1 atom stereocenters. The van der Waals surface area contributed by atoms with Gasteiger partial charge in [0.25, 0.3) is 0 Å². The molecule has 8 heteroatoms. The van der Waals surface area contributed by atoms with Gasteiger partial charge in [0, 0.05) is 10.6 Å². The Hall–Kier alpha value is -3.19. The van der Waals surface area contributed by atoms with Crippen molar-refractivity contribution in [3.63, 3.8) is 0 Å². The minimum absolute atomic E-state index is 0.130. The van der Waals surface area contributed by atoms with E-state index < -0.39 is 0 Å². The topological polar surface area (TPSA) is 106 Å².